The Morgan fingerprint density at radius 1 is 1.35 bits per heavy atom. The van der Waals surface area contributed by atoms with Gasteiger partial charge in [-0.3, -0.25) is 14.2 Å². The summed E-state index contributed by atoms with van der Waals surface area (Å²) in [5, 5.41) is 2.77. The molecule has 0 aliphatic rings. The van der Waals surface area contributed by atoms with Gasteiger partial charge < -0.3 is 5.32 Å². The second kappa shape index (κ2) is 6.51. The van der Waals surface area contributed by atoms with Gasteiger partial charge in [0.2, 0.25) is 5.91 Å². The summed E-state index contributed by atoms with van der Waals surface area (Å²) in [5.41, 5.74) is 0.221. The molecule has 20 heavy (non-hydrogen) atoms. The number of anilines is 1. The van der Waals surface area contributed by atoms with Crippen molar-refractivity contribution in [2.75, 3.05) is 5.32 Å². The van der Waals surface area contributed by atoms with E-state index in [2.05, 4.69) is 42.2 Å². The summed E-state index contributed by atoms with van der Waals surface area (Å²) < 4.78 is 2.06. The number of amides is 1. The number of carbonyl (C=O) groups is 1. The number of benzene rings is 1. The van der Waals surface area contributed by atoms with Gasteiger partial charge in [-0.05, 0) is 44.0 Å². The van der Waals surface area contributed by atoms with E-state index in [1.54, 1.807) is 12.1 Å². The van der Waals surface area contributed by atoms with Crippen LogP contribution in [0.1, 0.15) is 0 Å². The summed E-state index contributed by atoms with van der Waals surface area (Å²) in [6.07, 6.45) is 1.23. The summed E-state index contributed by atoms with van der Waals surface area (Å²) in [6.45, 7) is -0.150. The Morgan fingerprint density at radius 2 is 2.05 bits per heavy atom. The third-order valence-electron chi connectivity index (χ3n) is 2.40. The molecule has 0 aliphatic carbocycles. The number of para-hydroxylation sites is 1. The van der Waals surface area contributed by atoms with Gasteiger partial charge in [0, 0.05) is 4.47 Å². The molecule has 0 unspecified atom stereocenters. The van der Waals surface area contributed by atoms with Gasteiger partial charge in [-0.15, -0.1) is 0 Å². The third kappa shape index (κ3) is 3.47. The Balaban J connectivity index is 2.15. The summed E-state index contributed by atoms with van der Waals surface area (Å²) in [4.78, 5) is 27.6. The van der Waals surface area contributed by atoms with E-state index in [1.807, 2.05) is 12.1 Å². The molecule has 8 heteroatoms. The predicted molar refractivity (Wildman–Crippen MR) is 84.0 cm³/mol. The molecular weight excluding hydrogens is 413 g/mol. The van der Waals surface area contributed by atoms with Crippen LogP contribution in [0, 0.1) is 0 Å². The van der Waals surface area contributed by atoms with Crippen LogP contribution in [-0.4, -0.2) is 15.5 Å². The van der Waals surface area contributed by atoms with Crippen LogP contribution in [0.15, 0.2) is 44.3 Å². The lowest BCUT2D eigenvalue weighted by atomic mass is 10.3. The first-order valence-electron chi connectivity index (χ1n) is 5.44. The fourth-order valence-electron chi connectivity index (χ4n) is 1.46. The van der Waals surface area contributed by atoms with Crippen molar-refractivity contribution in [2.45, 2.75) is 6.54 Å². The van der Waals surface area contributed by atoms with Crippen LogP contribution in [0.4, 0.5) is 5.69 Å². The molecule has 2 aromatic rings. The molecule has 0 saturated carbocycles. The number of nitrogens with zero attached hydrogens (tertiary/aromatic N) is 2. The number of hydrogen-bond acceptors (Lipinski definition) is 3. The normalized spacial score (nSPS) is 10.3. The van der Waals surface area contributed by atoms with E-state index in [-0.39, 0.29) is 22.1 Å². The molecule has 1 N–H and O–H groups in total. The van der Waals surface area contributed by atoms with Crippen molar-refractivity contribution in [2.24, 2.45) is 0 Å². The largest absolute Gasteiger partial charge is 0.324 e. The number of rotatable bonds is 3. The number of carbonyl (C=O) groups excluding carboxylic acids is 1. The SMILES string of the molecule is O=C(Cn1cnc(Cl)c(Br)c1=O)Nc1ccccc1Br. The summed E-state index contributed by atoms with van der Waals surface area (Å²) in [6, 6.07) is 7.19. The minimum Gasteiger partial charge on any atom is -0.324 e. The fourth-order valence-corrected chi connectivity index (χ4v) is 2.30. The molecule has 2 rings (SSSR count). The van der Waals surface area contributed by atoms with Crippen molar-refractivity contribution < 1.29 is 4.79 Å². The molecule has 1 amide bonds. The van der Waals surface area contributed by atoms with E-state index in [0.717, 1.165) is 4.47 Å². The highest BCUT2D eigenvalue weighted by Gasteiger charge is 2.11. The molecule has 0 saturated heterocycles. The molecule has 1 aromatic heterocycles. The van der Waals surface area contributed by atoms with Crippen LogP contribution in [0.3, 0.4) is 0 Å². The second-order valence-corrected chi connectivity index (χ2v) is 5.82. The molecule has 1 aromatic carbocycles. The average Bonchev–Trinajstić information content (AvgIpc) is 2.42. The first-order chi connectivity index (χ1) is 9.49. The number of nitrogens with one attached hydrogen (secondary N) is 1. The zero-order valence-electron chi connectivity index (χ0n) is 9.94. The van der Waals surface area contributed by atoms with Crippen molar-refractivity contribution >= 4 is 55.1 Å². The Bertz CT molecular complexity index is 718. The van der Waals surface area contributed by atoms with Crippen LogP contribution in [0.2, 0.25) is 5.15 Å². The van der Waals surface area contributed by atoms with Gasteiger partial charge in [0.1, 0.15) is 11.0 Å². The molecule has 0 spiro atoms. The Hall–Kier alpha value is -1.18. The molecule has 104 valence electrons. The van der Waals surface area contributed by atoms with Gasteiger partial charge in [0.15, 0.2) is 5.15 Å². The quantitative estimate of drug-likeness (QED) is 0.775. The maximum atomic E-state index is 11.9. The number of aromatic nitrogens is 2. The van der Waals surface area contributed by atoms with Crippen molar-refractivity contribution in [3.05, 3.63) is 55.0 Å². The lowest BCUT2D eigenvalue weighted by molar-refractivity contribution is -0.116. The predicted octanol–water partition coefficient (Wildman–Crippen LogP) is 3.06. The Kier molecular flexibility index (Phi) is 4.95. The smallest absolute Gasteiger partial charge is 0.269 e. The van der Waals surface area contributed by atoms with Crippen LogP contribution in [-0.2, 0) is 11.3 Å². The van der Waals surface area contributed by atoms with Crippen molar-refractivity contribution in [3.63, 3.8) is 0 Å². The zero-order chi connectivity index (χ0) is 14.7. The topological polar surface area (TPSA) is 64.0 Å². The molecule has 5 nitrogen and oxygen atoms in total. The van der Waals surface area contributed by atoms with Crippen LogP contribution in [0.5, 0.6) is 0 Å². The van der Waals surface area contributed by atoms with Gasteiger partial charge in [-0.25, -0.2) is 4.98 Å². The molecule has 0 atom stereocenters. The molecule has 0 aliphatic heterocycles. The highest BCUT2D eigenvalue weighted by Crippen LogP contribution is 2.21. The summed E-state index contributed by atoms with van der Waals surface area (Å²) >= 11 is 12.1. The number of hydrogen-bond donors (Lipinski definition) is 1. The lowest BCUT2D eigenvalue weighted by Gasteiger charge is -2.09. The van der Waals surface area contributed by atoms with Gasteiger partial charge >= 0.3 is 0 Å². The van der Waals surface area contributed by atoms with Crippen molar-refractivity contribution in [1.29, 1.82) is 0 Å². The standard InChI is InChI=1S/C12H8Br2ClN3O2/c13-7-3-1-2-4-8(7)17-9(19)5-18-6-16-11(15)10(14)12(18)20/h1-4,6H,5H2,(H,17,19). The highest BCUT2D eigenvalue weighted by atomic mass is 79.9. The van der Waals surface area contributed by atoms with E-state index >= 15 is 0 Å². The maximum absolute atomic E-state index is 11.9. The highest BCUT2D eigenvalue weighted by molar-refractivity contribution is 9.11. The first-order valence-corrected chi connectivity index (χ1v) is 7.40. The van der Waals surface area contributed by atoms with Crippen LogP contribution >= 0.6 is 43.5 Å². The maximum Gasteiger partial charge on any atom is 0.269 e. The van der Waals surface area contributed by atoms with Crippen molar-refractivity contribution in [3.8, 4) is 0 Å². The zero-order valence-corrected chi connectivity index (χ0v) is 13.9. The lowest BCUT2D eigenvalue weighted by Crippen LogP contribution is -2.28. The van der Waals surface area contributed by atoms with Gasteiger partial charge in [0.05, 0.1) is 12.0 Å². The number of halogens is 3. The Morgan fingerprint density at radius 3 is 2.75 bits per heavy atom. The van der Waals surface area contributed by atoms with Gasteiger partial charge in [-0.2, -0.15) is 0 Å². The monoisotopic (exact) mass is 419 g/mol. The molecule has 1 heterocycles. The molecule has 0 fully saturated rings. The van der Waals surface area contributed by atoms with Gasteiger partial charge in [-0.1, -0.05) is 23.7 Å². The Labute approximate surface area is 136 Å². The van der Waals surface area contributed by atoms with E-state index in [1.165, 1.54) is 10.9 Å². The molecular formula is C12H8Br2ClN3O2. The molecule has 0 radical (unpaired) electrons. The fraction of sp³-hybridized carbons (Fsp3) is 0.0833. The minimum absolute atomic E-state index is 0.0671. The van der Waals surface area contributed by atoms with Crippen LogP contribution < -0.4 is 10.9 Å². The first kappa shape index (κ1) is 15.2. The van der Waals surface area contributed by atoms with Crippen molar-refractivity contribution in [1.82, 2.24) is 9.55 Å². The summed E-state index contributed by atoms with van der Waals surface area (Å²) in [7, 11) is 0. The molecule has 0 bridgehead atoms. The van der Waals surface area contributed by atoms with E-state index < -0.39 is 5.56 Å². The van der Waals surface area contributed by atoms with Gasteiger partial charge in [0.25, 0.3) is 5.56 Å². The van der Waals surface area contributed by atoms with E-state index in [4.69, 9.17) is 11.6 Å². The summed E-state index contributed by atoms with van der Waals surface area (Å²) in [5.74, 6) is -0.338. The second-order valence-electron chi connectivity index (χ2n) is 3.81. The average molecular weight is 421 g/mol. The van der Waals surface area contributed by atoms with E-state index in [9.17, 15) is 9.59 Å². The van der Waals surface area contributed by atoms with E-state index in [0.29, 0.717) is 5.69 Å². The minimum atomic E-state index is -0.410. The third-order valence-corrected chi connectivity index (χ3v) is 4.32. The van der Waals surface area contributed by atoms with Crippen LogP contribution in [0.25, 0.3) is 0 Å².